The van der Waals surface area contributed by atoms with Crippen molar-refractivity contribution in [2.45, 2.75) is 59.4 Å². The minimum Gasteiger partial charge on any atom is -0.370 e. The molecule has 0 aliphatic carbocycles. The summed E-state index contributed by atoms with van der Waals surface area (Å²) in [6.07, 6.45) is 1.69. The van der Waals surface area contributed by atoms with E-state index >= 15 is 0 Å². The molecule has 2 amide bonds. The third kappa shape index (κ3) is 8.40. The molecule has 1 atom stereocenters. The zero-order valence-electron chi connectivity index (χ0n) is 21.4. The van der Waals surface area contributed by atoms with Crippen molar-refractivity contribution in [1.29, 1.82) is 0 Å². The Hall–Kier alpha value is -3.39. The Morgan fingerprint density at radius 2 is 1.31 bits per heavy atom. The summed E-state index contributed by atoms with van der Waals surface area (Å²) in [7, 11) is 0. The van der Waals surface area contributed by atoms with Gasteiger partial charge in [0, 0.05) is 13.1 Å². The van der Waals surface area contributed by atoms with E-state index in [4.69, 9.17) is 22.9 Å². The van der Waals surface area contributed by atoms with E-state index in [0.717, 1.165) is 33.4 Å². The van der Waals surface area contributed by atoms with Crippen molar-refractivity contribution in [1.82, 2.24) is 5.32 Å². The van der Waals surface area contributed by atoms with Crippen molar-refractivity contribution in [2.75, 3.05) is 13.1 Å². The van der Waals surface area contributed by atoms with Crippen LogP contribution in [-0.2, 0) is 22.4 Å². The Morgan fingerprint density at radius 1 is 0.857 bits per heavy atom. The summed E-state index contributed by atoms with van der Waals surface area (Å²) in [5, 5.41) is 2.89. The van der Waals surface area contributed by atoms with Crippen molar-refractivity contribution in [3.63, 3.8) is 0 Å². The van der Waals surface area contributed by atoms with E-state index < -0.39 is 17.4 Å². The van der Waals surface area contributed by atoms with Crippen LogP contribution in [0.2, 0.25) is 0 Å². The second kappa shape index (κ2) is 12.4. The Labute approximate surface area is 208 Å². The van der Waals surface area contributed by atoms with Crippen LogP contribution in [0.1, 0.15) is 46.2 Å². The van der Waals surface area contributed by atoms with Crippen LogP contribution >= 0.6 is 0 Å². The molecule has 0 saturated heterocycles. The lowest BCUT2D eigenvalue weighted by atomic mass is 9.74. The van der Waals surface area contributed by atoms with Crippen molar-refractivity contribution in [3.8, 4) is 0 Å². The monoisotopic (exact) mass is 480 g/mol. The summed E-state index contributed by atoms with van der Waals surface area (Å²) in [4.78, 5) is 29.9. The molecule has 0 heterocycles. The number of aliphatic imine (C=N–C) groups is 1. The molecule has 0 aliphatic heterocycles. The predicted octanol–water partition coefficient (Wildman–Crippen LogP) is 1.67. The van der Waals surface area contributed by atoms with Gasteiger partial charge in [-0.15, -0.1) is 0 Å². The number of guanidine groups is 1. The molecule has 0 aromatic heterocycles. The fourth-order valence-corrected chi connectivity index (χ4v) is 4.68. The van der Waals surface area contributed by atoms with Gasteiger partial charge in [0.2, 0.25) is 11.8 Å². The molecular weight excluding hydrogens is 440 g/mol. The first-order valence-corrected chi connectivity index (χ1v) is 11.9. The number of amides is 2. The summed E-state index contributed by atoms with van der Waals surface area (Å²) in [5.41, 5.74) is 28.3. The standard InChI is InChI=1S/C27H40N6O2/c1-17-8-18(2)11-21(10-17)14-27(16-28,15-22-12-19(3)9-20(4)13-22)25(35)33-23(24(29)34)6-5-7-32-26(30)31/h8-13,23H,5-7,14-16,28H2,1-4H3,(H2,29,34)(H,33,35)(H4,30,31,32)/t23-/m0/s1. The summed E-state index contributed by atoms with van der Waals surface area (Å²) >= 11 is 0. The lowest BCUT2D eigenvalue weighted by Gasteiger charge is -2.33. The quantitative estimate of drug-likeness (QED) is 0.177. The van der Waals surface area contributed by atoms with Gasteiger partial charge < -0.3 is 28.3 Å². The highest BCUT2D eigenvalue weighted by molar-refractivity contribution is 5.90. The first-order valence-electron chi connectivity index (χ1n) is 11.9. The molecule has 0 saturated carbocycles. The van der Waals surface area contributed by atoms with Gasteiger partial charge in [0.1, 0.15) is 6.04 Å². The van der Waals surface area contributed by atoms with Crippen molar-refractivity contribution >= 4 is 17.8 Å². The van der Waals surface area contributed by atoms with Gasteiger partial charge in [0.05, 0.1) is 5.41 Å². The fraction of sp³-hybridized carbons (Fsp3) is 0.444. The molecule has 190 valence electrons. The van der Waals surface area contributed by atoms with Gasteiger partial charge in [-0.2, -0.15) is 0 Å². The SMILES string of the molecule is Cc1cc(C)cc(CC(CN)(Cc2cc(C)cc(C)c2)C(=O)N[C@@H](CCCN=C(N)N)C(N)=O)c1. The zero-order valence-corrected chi connectivity index (χ0v) is 21.4. The van der Waals surface area contributed by atoms with Gasteiger partial charge in [-0.1, -0.05) is 58.7 Å². The summed E-state index contributed by atoms with van der Waals surface area (Å²) < 4.78 is 0. The Bertz CT molecular complexity index is 981. The maximum Gasteiger partial charge on any atom is 0.240 e. The average Bonchev–Trinajstić information content (AvgIpc) is 2.73. The molecular formula is C27H40N6O2. The molecule has 0 bridgehead atoms. The normalized spacial score (nSPS) is 12.1. The van der Waals surface area contributed by atoms with Crippen molar-refractivity contribution < 1.29 is 9.59 Å². The Morgan fingerprint density at radius 3 is 1.69 bits per heavy atom. The van der Waals surface area contributed by atoms with Crippen LogP contribution in [0.15, 0.2) is 41.4 Å². The van der Waals surface area contributed by atoms with Gasteiger partial charge in [0.25, 0.3) is 0 Å². The number of carbonyl (C=O) groups is 2. The lowest BCUT2D eigenvalue weighted by Crippen LogP contribution is -2.54. The number of aryl methyl sites for hydroxylation is 4. The number of nitrogens with two attached hydrogens (primary N) is 4. The fourth-order valence-electron chi connectivity index (χ4n) is 4.68. The molecule has 0 aliphatic rings. The molecule has 8 heteroatoms. The number of rotatable bonds is 12. The van der Waals surface area contributed by atoms with Crippen LogP contribution in [0.5, 0.6) is 0 Å². The molecule has 2 rings (SSSR count). The smallest absolute Gasteiger partial charge is 0.240 e. The van der Waals surface area contributed by atoms with E-state index in [9.17, 15) is 9.59 Å². The van der Waals surface area contributed by atoms with Crippen LogP contribution in [0.3, 0.4) is 0 Å². The second-order valence-electron chi connectivity index (χ2n) is 9.71. The summed E-state index contributed by atoms with van der Waals surface area (Å²) in [6.45, 7) is 8.58. The van der Waals surface area contributed by atoms with Gasteiger partial charge in [-0.3, -0.25) is 14.6 Å². The Kier molecular flexibility index (Phi) is 9.83. The number of carbonyl (C=O) groups excluding carboxylic acids is 2. The van der Waals surface area contributed by atoms with E-state index in [1.807, 2.05) is 27.7 Å². The maximum absolute atomic E-state index is 13.8. The van der Waals surface area contributed by atoms with Gasteiger partial charge in [0.15, 0.2) is 5.96 Å². The third-order valence-corrected chi connectivity index (χ3v) is 6.11. The van der Waals surface area contributed by atoms with Gasteiger partial charge >= 0.3 is 0 Å². The predicted molar refractivity (Wildman–Crippen MR) is 142 cm³/mol. The van der Waals surface area contributed by atoms with Crippen LogP contribution < -0.4 is 28.3 Å². The summed E-state index contributed by atoms with van der Waals surface area (Å²) in [6, 6.07) is 11.6. The van der Waals surface area contributed by atoms with Crippen LogP contribution in [0.25, 0.3) is 0 Å². The van der Waals surface area contributed by atoms with Crippen LogP contribution in [-0.4, -0.2) is 36.9 Å². The van der Waals surface area contributed by atoms with Crippen LogP contribution in [0.4, 0.5) is 0 Å². The first-order chi connectivity index (χ1) is 16.4. The van der Waals surface area contributed by atoms with Crippen molar-refractivity contribution in [2.24, 2.45) is 33.3 Å². The number of nitrogens with one attached hydrogen (secondary N) is 1. The zero-order chi connectivity index (χ0) is 26.2. The second-order valence-corrected chi connectivity index (χ2v) is 9.71. The van der Waals surface area contributed by atoms with E-state index in [1.165, 1.54) is 0 Å². The van der Waals surface area contributed by atoms with Crippen LogP contribution in [0, 0.1) is 33.1 Å². The lowest BCUT2D eigenvalue weighted by molar-refractivity contribution is -0.134. The molecule has 8 nitrogen and oxygen atoms in total. The Balaban J connectivity index is 2.40. The molecule has 9 N–H and O–H groups in total. The van der Waals surface area contributed by atoms with E-state index in [2.05, 4.69) is 46.7 Å². The van der Waals surface area contributed by atoms with E-state index in [0.29, 0.717) is 32.2 Å². The maximum atomic E-state index is 13.8. The highest BCUT2D eigenvalue weighted by Crippen LogP contribution is 2.30. The van der Waals surface area contributed by atoms with E-state index in [-0.39, 0.29) is 18.4 Å². The molecule has 2 aromatic carbocycles. The van der Waals surface area contributed by atoms with Crippen molar-refractivity contribution in [3.05, 3.63) is 69.8 Å². The van der Waals surface area contributed by atoms with Gasteiger partial charge in [-0.05, 0) is 64.5 Å². The average molecular weight is 481 g/mol. The summed E-state index contributed by atoms with van der Waals surface area (Å²) in [5.74, 6) is -0.913. The highest BCUT2D eigenvalue weighted by Gasteiger charge is 2.39. The number of primary amides is 1. The number of nitrogens with zero attached hydrogens (tertiary/aromatic N) is 1. The minimum atomic E-state index is -0.964. The number of benzene rings is 2. The highest BCUT2D eigenvalue weighted by atomic mass is 16.2. The van der Waals surface area contributed by atoms with E-state index in [1.54, 1.807) is 0 Å². The molecule has 35 heavy (non-hydrogen) atoms. The molecule has 0 radical (unpaired) electrons. The first kappa shape index (κ1) is 27.9. The minimum absolute atomic E-state index is 0.0197. The molecule has 2 aromatic rings. The third-order valence-electron chi connectivity index (χ3n) is 6.11. The number of hydrogen-bond acceptors (Lipinski definition) is 4. The number of hydrogen-bond donors (Lipinski definition) is 5. The molecule has 0 unspecified atom stereocenters. The topological polar surface area (TPSA) is 163 Å². The largest absolute Gasteiger partial charge is 0.370 e. The molecule has 0 spiro atoms. The molecule has 0 fully saturated rings. The van der Waals surface area contributed by atoms with Gasteiger partial charge in [-0.25, -0.2) is 0 Å².